The van der Waals surface area contributed by atoms with Crippen molar-refractivity contribution in [3.05, 3.63) is 71.9 Å². The second-order valence-corrected chi connectivity index (χ2v) is 7.19. The van der Waals surface area contributed by atoms with Crippen LogP contribution < -0.4 is 5.32 Å². The molecule has 0 saturated carbocycles. The molecule has 156 valence electrons. The quantitative estimate of drug-likeness (QED) is 0.460. The molecular formula is C24H27N3O3. The second kappa shape index (κ2) is 9.39. The van der Waals surface area contributed by atoms with Crippen molar-refractivity contribution in [1.82, 2.24) is 14.8 Å². The van der Waals surface area contributed by atoms with Gasteiger partial charge in [0.25, 0.3) is 11.7 Å². The molecular weight excluding hydrogens is 378 g/mol. The highest BCUT2D eigenvalue weighted by molar-refractivity contribution is 6.44. The SMILES string of the molecule is CCN(CC)C(=O)C(=O)c1cn(CC(=O)N[C@H](C)c2ccccc2)c2ccccc12. The minimum atomic E-state index is -0.549. The first-order chi connectivity index (χ1) is 14.5. The molecule has 3 rings (SSSR count). The average Bonchev–Trinajstić information content (AvgIpc) is 3.12. The molecule has 1 heterocycles. The maximum Gasteiger partial charge on any atom is 0.295 e. The lowest BCUT2D eigenvalue weighted by molar-refractivity contribution is -0.126. The molecule has 0 spiro atoms. The molecule has 0 aliphatic rings. The normalized spacial score (nSPS) is 11.8. The molecule has 1 aromatic heterocycles. The second-order valence-electron chi connectivity index (χ2n) is 7.19. The van der Waals surface area contributed by atoms with Gasteiger partial charge in [-0.05, 0) is 32.4 Å². The number of nitrogens with one attached hydrogen (secondary N) is 1. The van der Waals surface area contributed by atoms with Crippen molar-refractivity contribution < 1.29 is 14.4 Å². The summed E-state index contributed by atoms with van der Waals surface area (Å²) in [5, 5.41) is 3.66. The standard InChI is InChI=1S/C24H27N3O3/c1-4-26(5-2)24(30)23(29)20-15-27(21-14-10-9-13-19(20)21)16-22(28)25-17(3)18-11-7-6-8-12-18/h6-15,17H,4-5,16H2,1-3H3,(H,25,28)/t17-/m1/s1. The van der Waals surface area contributed by atoms with E-state index in [0.29, 0.717) is 24.0 Å². The number of ketones is 1. The molecule has 2 aromatic carbocycles. The molecule has 0 aliphatic heterocycles. The predicted octanol–water partition coefficient (Wildman–Crippen LogP) is 3.57. The van der Waals surface area contributed by atoms with Crippen LogP contribution in [0.15, 0.2) is 60.8 Å². The Kier molecular flexibility index (Phi) is 6.67. The molecule has 1 atom stereocenters. The fraction of sp³-hybridized carbons (Fsp3) is 0.292. The number of para-hydroxylation sites is 1. The Morgan fingerprint density at radius 3 is 2.27 bits per heavy atom. The lowest BCUT2D eigenvalue weighted by Gasteiger charge is -2.17. The van der Waals surface area contributed by atoms with Crippen LogP contribution in [0.2, 0.25) is 0 Å². The molecule has 0 radical (unpaired) electrons. The number of amides is 2. The number of likely N-dealkylation sites (N-methyl/N-ethyl adjacent to an activating group) is 1. The summed E-state index contributed by atoms with van der Waals surface area (Å²) in [6.45, 7) is 6.62. The number of fused-ring (bicyclic) bond motifs is 1. The molecule has 0 aliphatic carbocycles. The van der Waals surface area contributed by atoms with E-state index in [1.807, 2.05) is 69.3 Å². The minimum absolute atomic E-state index is 0.0599. The van der Waals surface area contributed by atoms with Crippen LogP contribution in [0.4, 0.5) is 0 Å². The van der Waals surface area contributed by atoms with Crippen LogP contribution in [0.1, 0.15) is 42.7 Å². The van der Waals surface area contributed by atoms with Crippen molar-refractivity contribution in [1.29, 1.82) is 0 Å². The number of carbonyl (C=O) groups is 3. The Morgan fingerprint density at radius 1 is 0.967 bits per heavy atom. The molecule has 0 unspecified atom stereocenters. The predicted molar refractivity (Wildman–Crippen MR) is 117 cm³/mol. The first-order valence-electron chi connectivity index (χ1n) is 10.2. The average molecular weight is 405 g/mol. The summed E-state index contributed by atoms with van der Waals surface area (Å²) >= 11 is 0. The Labute approximate surface area is 176 Å². The Balaban J connectivity index is 1.84. The van der Waals surface area contributed by atoms with E-state index >= 15 is 0 Å². The lowest BCUT2D eigenvalue weighted by atomic mass is 10.1. The molecule has 1 N–H and O–H groups in total. The molecule has 0 fully saturated rings. The lowest BCUT2D eigenvalue weighted by Crippen LogP contribution is -2.36. The third-order valence-corrected chi connectivity index (χ3v) is 5.27. The maximum absolute atomic E-state index is 12.9. The largest absolute Gasteiger partial charge is 0.348 e. The number of carbonyl (C=O) groups excluding carboxylic acids is 3. The van der Waals surface area contributed by atoms with Crippen LogP contribution in [0.3, 0.4) is 0 Å². The van der Waals surface area contributed by atoms with Gasteiger partial charge in [-0.15, -0.1) is 0 Å². The molecule has 0 saturated heterocycles. The van der Waals surface area contributed by atoms with Gasteiger partial charge in [0.1, 0.15) is 6.54 Å². The van der Waals surface area contributed by atoms with Crippen LogP contribution in [0.5, 0.6) is 0 Å². The maximum atomic E-state index is 12.9. The van der Waals surface area contributed by atoms with E-state index in [9.17, 15) is 14.4 Å². The summed E-state index contributed by atoms with van der Waals surface area (Å²) in [6, 6.07) is 16.9. The smallest absolute Gasteiger partial charge is 0.295 e. The van der Waals surface area contributed by atoms with Gasteiger partial charge in [-0.2, -0.15) is 0 Å². The van der Waals surface area contributed by atoms with Crippen molar-refractivity contribution in [3.8, 4) is 0 Å². The van der Waals surface area contributed by atoms with Gasteiger partial charge in [-0.3, -0.25) is 14.4 Å². The van der Waals surface area contributed by atoms with Crippen LogP contribution in [-0.4, -0.2) is 40.2 Å². The Bertz CT molecular complexity index is 1050. The zero-order valence-corrected chi connectivity index (χ0v) is 17.6. The van der Waals surface area contributed by atoms with Crippen LogP contribution in [-0.2, 0) is 16.1 Å². The van der Waals surface area contributed by atoms with Crippen LogP contribution >= 0.6 is 0 Å². The van der Waals surface area contributed by atoms with Gasteiger partial charge >= 0.3 is 0 Å². The van der Waals surface area contributed by atoms with Crippen molar-refractivity contribution >= 4 is 28.5 Å². The zero-order chi connectivity index (χ0) is 21.7. The van der Waals surface area contributed by atoms with Gasteiger partial charge < -0.3 is 14.8 Å². The van der Waals surface area contributed by atoms with Gasteiger partial charge in [-0.1, -0.05) is 48.5 Å². The van der Waals surface area contributed by atoms with Gasteiger partial charge in [-0.25, -0.2) is 0 Å². The molecule has 6 nitrogen and oxygen atoms in total. The van der Waals surface area contributed by atoms with E-state index in [0.717, 1.165) is 11.1 Å². The van der Waals surface area contributed by atoms with Crippen molar-refractivity contribution in [2.45, 2.75) is 33.4 Å². The van der Waals surface area contributed by atoms with Gasteiger partial charge in [0.15, 0.2) is 0 Å². The van der Waals surface area contributed by atoms with Crippen LogP contribution in [0.25, 0.3) is 10.9 Å². The summed E-state index contributed by atoms with van der Waals surface area (Å²) in [6.07, 6.45) is 1.61. The van der Waals surface area contributed by atoms with Gasteiger partial charge in [0.05, 0.1) is 11.6 Å². The van der Waals surface area contributed by atoms with E-state index < -0.39 is 11.7 Å². The third-order valence-electron chi connectivity index (χ3n) is 5.27. The summed E-state index contributed by atoms with van der Waals surface area (Å²) in [7, 11) is 0. The van der Waals surface area contributed by atoms with Crippen molar-refractivity contribution in [2.24, 2.45) is 0 Å². The highest BCUT2D eigenvalue weighted by atomic mass is 16.2. The fourth-order valence-corrected chi connectivity index (χ4v) is 3.60. The van der Waals surface area contributed by atoms with E-state index in [1.165, 1.54) is 4.90 Å². The van der Waals surface area contributed by atoms with Crippen LogP contribution in [0, 0.1) is 0 Å². The summed E-state index contributed by atoms with van der Waals surface area (Å²) in [4.78, 5) is 39.6. The topological polar surface area (TPSA) is 71.4 Å². The summed E-state index contributed by atoms with van der Waals surface area (Å²) < 4.78 is 1.73. The number of hydrogen-bond donors (Lipinski definition) is 1. The first kappa shape index (κ1) is 21.3. The summed E-state index contributed by atoms with van der Waals surface area (Å²) in [5.41, 5.74) is 2.09. The summed E-state index contributed by atoms with van der Waals surface area (Å²) in [5.74, 6) is -1.24. The number of nitrogens with zero attached hydrogens (tertiary/aromatic N) is 2. The molecule has 3 aromatic rings. The van der Waals surface area contributed by atoms with Crippen molar-refractivity contribution in [2.75, 3.05) is 13.1 Å². The molecule has 6 heteroatoms. The number of aromatic nitrogens is 1. The van der Waals surface area contributed by atoms with E-state index in [-0.39, 0.29) is 18.5 Å². The number of benzene rings is 2. The monoisotopic (exact) mass is 405 g/mol. The number of hydrogen-bond acceptors (Lipinski definition) is 3. The fourth-order valence-electron chi connectivity index (χ4n) is 3.60. The molecule has 0 bridgehead atoms. The van der Waals surface area contributed by atoms with E-state index in [4.69, 9.17) is 0 Å². The van der Waals surface area contributed by atoms with E-state index in [2.05, 4.69) is 5.32 Å². The minimum Gasteiger partial charge on any atom is -0.348 e. The number of rotatable bonds is 8. The van der Waals surface area contributed by atoms with Crippen molar-refractivity contribution in [3.63, 3.8) is 0 Å². The highest BCUT2D eigenvalue weighted by Gasteiger charge is 2.25. The number of Topliss-reactive ketones (excluding diaryl/α,β-unsaturated/α-hetero) is 1. The highest BCUT2D eigenvalue weighted by Crippen LogP contribution is 2.23. The molecule has 30 heavy (non-hydrogen) atoms. The van der Waals surface area contributed by atoms with E-state index in [1.54, 1.807) is 16.8 Å². The third kappa shape index (κ3) is 4.43. The molecule has 2 amide bonds. The first-order valence-corrected chi connectivity index (χ1v) is 10.2. The van der Waals surface area contributed by atoms with Gasteiger partial charge in [0, 0.05) is 30.2 Å². The Hall–Kier alpha value is -3.41. The zero-order valence-electron chi connectivity index (χ0n) is 17.6. The van der Waals surface area contributed by atoms with Gasteiger partial charge in [0.2, 0.25) is 5.91 Å². The Morgan fingerprint density at radius 2 is 1.60 bits per heavy atom.